The molecule has 17 heavy (non-hydrogen) atoms. The second kappa shape index (κ2) is 8.08. The lowest BCUT2D eigenvalue weighted by atomic mass is 10.1. The van der Waals surface area contributed by atoms with E-state index in [9.17, 15) is 0 Å². The molecule has 0 aliphatic rings. The zero-order valence-electron chi connectivity index (χ0n) is 10.2. The third-order valence-corrected chi connectivity index (χ3v) is 1.79. The van der Waals surface area contributed by atoms with Crippen molar-refractivity contribution in [1.29, 1.82) is 0 Å². The maximum atomic E-state index is 5.20. The second-order valence-electron chi connectivity index (χ2n) is 3.39. The van der Waals surface area contributed by atoms with Crippen LogP contribution in [0.5, 0.6) is 0 Å². The minimum Gasteiger partial charge on any atom is -0.369 e. The number of nitrogens with two attached hydrogens (primary N) is 4. The van der Waals surface area contributed by atoms with E-state index in [1.807, 2.05) is 0 Å². The third kappa shape index (κ3) is 7.77. The first-order valence-electron chi connectivity index (χ1n) is 5.26. The predicted octanol–water partition coefficient (Wildman–Crippen LogP) is -0.545. The summed E-state index contributed by atoms with van der Waals surface area (Å²) in [5.41, 5.74) is 22.0. The van der Waals surface area contributed by atoms with Crippen LogP contribution >= 0.6 is 0 Å². The van der Waals surface area contributed by atoms with Gasteiger partial charge in [-0.05, 0) is 19.8 Å². The SMILES string of the molecule is CCCCC(=NN=C(N)N)C(C)=NN=C(N)N. The Bertz CT molecular complexity index is 344. The quantitative estimate of drug-likeness (QED) is 0.279. The normalized spacial score (nSPS) is 12.1. The maximum Gasteiger partial charge on any atom is 0.211 e. The van der Waals surface area contributed by atoms with Crippen LogP contribution in [0.2, 0.25) is 0 Å². The topological polar surface area (TPSA) is 154 Å². The molecule has 8 nitrogen and oxygen atoms in total. The van der Waals surface area contributed by atoms with Gasteiger partial charge in [-0.25, -0.2) is 0 Å². The molecule has 0 heterocycles. The van der Waals surface area contributed by atoms with Gasteiger partial charge < -0.3 is 22.9 Å². The Morgan fingerprint density at radius 2 is 1.41 bits per heavy atom. The van der Waals surface area contributed by atoms with Crippen molar-refractivity contribution in [3.8, 4) is 0 Å². The largest absolute Gasteiger partial charge is 0.369 e. The number of hydrogen-bond donors (Lipinski definition) is 4. The Morgan fingerprint density at radius 1 is 0.882 bits per heavy atom. The van der Waals surface area contributed by atoms with Crippen molar-refractivity contribution in [3.05, 3.63) is 0 Å². The Kier molecular flexibility index (Phi) is 7.07. The molecule has 8 N–H and O–H groups in total. The van der Waals surface area contributed by atoms with Gasteiger partial charge in [-0.15, -0.1) is 10.2 Å². The van der Waals surface area contributed by atoms with E-state index in [1.165, 1.54) is 0 Å². The summed E-state index contributed by atoms with van der Waals surface area (Å²) in [6.07, 6.45) is 2.69. The predicted molar refractivity (Wildman–Crippen MR) is 71.7 cm³/mol. The fourth-order valence-corrected chi connectivity index (χ4v) is 0.956. The van der Waals surface area contributed by atoms with Crippen molar-refractivity contribution in [2.24, 2.45) is 43.3 Å². The van der Waals surface area contributed by atoms with Crippen LogP contribution in [0.4, 0.5) is 0 Å². The monoisotopic (exact) mass is 240 g/mol. The minimum atomic E-state index is -0.110. The minimum absolute atomic E-state index is 0.103. The Balaban J connectivity index is 4.91. The summed E-state index contributed by atoms with van der Waals surface area (Å²) in [5, 5.41) is 14.9. The molecule has 0 saturated carbocycles. The van der Waals surface area contributed by atoms with Crippen LogP contribution in [0.1, 0.15) is 33.1 Å². The smallest absolute Gasteiger partial charge is 0.211 e. The molecule has 96 valence electrons. The van der Waals surface area contributed by atoms with Crippen molar-refractivity contribution in [3.63, 3.8) is 0 Å². The molecule has 0 saturated heterocycles. The zero-order valence-corrected chi connectivity index (χ0v) is 10.2. The summed E-state index contributed by atoms with van der Waals surface area (Å²) >= 11 is 0. The van der Waals surface area contributed by atoms with E-state index in [2.05, 4.69) is 27.3 Å². The molecule has 0 aromatic carbocycles. The molecule has 0 aliphatic heterocycles. The van der Waals surface area contributed by atoms with Crippen LogP contribution < -0.4 is 22.9 Å². The molecule has 0 amide bonds. The van der Waals surface area contributed by atoms with E-state index >= 15 is 0 Å². The van der Waals surface area contributed by atoms with Gasteiger partial charge in [0.25, 0.3) is 0 Å². The Labute approximate surface area is 101 Å². The summed E-state index contributed by atoms with van der Waals surface area (Å²) in [6, 6.07) is 0. The highest BCUT2D eigenvalue weighted by molar-refractivity contribution is 6.41. The lowest BCUT2D eigenvalue weighted by Gasteiger charge is -2.02. The van der Waals surface area contributed by atoms with E-state index in [4.69, 9.17) is 22.9 Å². The van der Waals surface area contributed by atoms with Gasteiger partial charge in [0.2, 0.25) is 11.9 Å². The molecule has 0 aromatic heterocycles. The molecular formula is C9H20N8. The molecule has 0 atom stereocenters. The van der Waals surface area contributed by atoms with E-state index in [1.54, 1.807) is 6.92 Å². The van der Waals surface area contributed by atoms with Gasteiger partial charge in [-0.1, -0.05) is 13.3 Å². The van der Waals surface area contributed by atoms with Crippen LogP contribution in [-0.2, 0) is 0 Å². The Morgan fingerprint density at radius 3 is 1.88 bits per heavy atom. The molecule has 0 aromatic rings. The average molecular weight is 240 g/mol. The van der Waals surface area contributed by atoms with E-state index in [0.29, 0.717) is 17.8 Å². The fraction of sp³-hybridized carbons (Fsp3) is 0.556. The van der Waals surface area contributed by atoms with E-state index in [-0.39, 0.29) is 11.9 Å². The van der Waals surface area contributed by atoms with Gasteiger partial charge in [0.05, 0.1) is 11.4 Å². The summed E-state index contributed by atoms with van der Waals surface area (Å²) in [5.74, 6) is -0.213. The summed E-state index contributed by atoms with van der Waals surface area (Å²) in [4.78, 5) is 0. The molecule has 0 unspecified atom stereocenters. The highest BCUT2D eigenvalue weighted by Crippen LogP contribution is 2.00. The summed E-state index contributed by atoms with van der Waals surface area (Å²) < 4.78 is 0. The van der Waals surface area contributed by atoms with Crippen LogP contribution in [0.3, 0.4) is 0 Å². The molecule has 0 spiro atoms. The summed E-state index contributed by atoms with van der Waals surface area (Å²) in [6.45, 7) is 3.81. The molecule has 0 fully saturated rings. The first-order chi connectivity index (χ1) is 7.97. The third-order valence-electron chi connectivity index (χ3n) is 1.79. The highest BCUT2D eigenvalue weighted by Gasteiger charge is 2.04. The number of unbranched alkanes of at least 4 members (excludes halogenated alkanes) is 1. The highest BCUT2D eigenvalue weighted by atomic mass is 15.3. The van der Waals surface area contributed by atoms with Crippen molar-refractivity contribution in [1.82, 2.24) is 0 Å². The van der Waals surface area contributed by atoms with Gasteiger partial charge in [-0.2, -0.15) is 10.2 Å². The van der Waals surface area contributed by atoms with E-state index < -0.39 is 0 Å². The zero-order chi connectivity index (χ0) is 13.3. The first kappa shape index (κ1) is 14.9. The molecular weight excluding hydrogens is 220 g/mol. The van der Waals surface area contributed by atoms with Crippen LogP contribution in [0, 0.1) is 0 Å². The molecule has 8 heteroatoms. The number of nitrogens with zero attached hydrogens (tertiary/aromatic N) is 4. The average Bonchev–Trinajstić information content (AvgIpc) is 2.25. The first-order valence-corrected chi connectivity index (χ1v) is 5.26. The fourth-order valence-electron chi connectivity index (χ4n) is 0.956. The molecule has 0 bridgehead atoms. The molecule has 0 radical (unpaired) electrons. The maximum absolute atomic E-state index is 5.20. The standard InChI is InChI=1S/C9H20N8/c1-3-4-5-7(15-17-9(12)13)6(2)14-16-8(10)11/h3-5H2,1-2H3,(H4,10,11,16)(H4,12,13,17). The van der Waals surface area contributed by atoms with Gasteiger partial charge in [0.15, 0.2) is 0 Å². The van der Waals surface area contributed by atoms with Crippen LogP contribution in [-0.4, -0.2) is 23.3 Å². The van der Waals surface area contributed by atoms with Crippen molar-refractivity contribution in [2.75, 3.05) is 0 Å². The Hall–Kier alpha value is -2.12. The number of guanidine groups is 2. The van der Waals surface area contributed by atoms with Crippen molar-refractivity contribution < 1.29 is 0 Å². The van der Waals surface area contributed by atoms with Crippen molar-refractivity contribution in [2.45, 2.75) is 33.1 Å². The van der Waals surface area contributed by atoms with Gasteiger partial charge >= 0.3 is 0 Å². The van der Waals surface area contributed by atoms with Gasteiger partial charge in [-0.3, -0.25) is 0 Å². The number of hydrogen-bond acceptors (Lipinski definition) is 4. The van der Waals surface area contributed by atoms with E-state index in [0.717, 1.165) is 12.8 Å². The lowest BCUT2D eigenvalue weighted by molar-refractivity contribution is 0.835. The van der Waals surface area contributed by atoms with Gasteiger partial charge in [0, 0.05) is 0 Å². The number of rotatable bonds is 6. The summed E-state index contributed by atoms with van der Waals surface area (Å²) in [7, 11) is 0. The van der Waals surface area contributed by atoms with Crippen molar-refractivity contribution >= 4 is 23.3 Å². The second-order valence-corrected chi connectivity index (χ2v) is 3.39. The molecule has 0 aliphatic carbocycles. The lowest BCUT2D eigenvalue weighted by Crippen LogP contribution is -2.23. The van der Waals surface area contributed by atoms with Crippen LogP contribution in [0.15, 0.2) is 20.4 Å². The molecule has 0 rings (SSSR count). The van der Waals surface area contributed by atoms with Crippen LogP contribution in [0.25, 0.3) is 0 Å². The van der Waals surface area contributed by atoms with Gasteiger partial charge in [0.1, 0.15) is 0 Å².